The lowest BCUT2D eigenvalue weighted by molar-refractivity contribution is -0.142. The van der Waals surface area contributed by atoms with Gasteiger partial charge in [0.2, 0.25) is 11.8 Å². The molecule has 0 rings (SSSR count). The number of nitrogens with two attached hydrogens (primary N) is 1. The molecule has 9 nitrogen and oxygen atoms in total. The summed E-state index contributed by atoms with van der Waals surface area (Å²) in [5.41, 5.74) is 5.65. The monoisotopic (exact) mass is 391 g/mol. The van der Waals surface area contributed by atoms with Crippen LogP contribution < -0.4 is 16.4 Å². The number of aliphatic carboxylic acids is 2. The Labute approximate surface area is 157 Å². The van der Waals surface area contributed by atoms with Crippen LogP contribution in [-0.4, -0.2) is 64.1 Å². The molecule has 0 saturated carbocycles. The number of carboxylic acid groups (broad SMARTS) is 2. The summed E-state index contributed by atoms with van der Waals surface area (Å²) < 4.78 is 0. The highest BCUT2D eigenvalue weighted by Gasteiger charge is 2.28. The summed E-state index contributed by atoms with van der Waals surface area (Å²) in [5, 5.41) is 22.8. The van der Waals surface area contributed by atoms with Crippen LogP contribution in [0.15, 0.2) is 0 Å². The van der Waals surface area contributed by atoms with Gasteiger partial charge in [-0.1, -0.05) is 13.8 Å². The van der Waals surface area contributed by atoms with Crippen LogP contribution in [0.4, 0.5) is 0 Å². The topological polar surface area (TPSA) is 159 Å². The van der Waals surface area contributed by atoms with Crippen LogP contribution in [0.2, 0.25) is 0 Å². The first-order chi connectivity index (χ1) is 12.1. The van der Waals surface area contributed by atoms with E-state index in [1.165, 1.54) is 11.8 Å². The van der Waals surface area contributed by atoms with E-state index in [1.54, 1.807) is 0 Å². The zero-order chi connectivity index (χ0) is 20.3. The van der Waals surface area contributed by atoms with Crippen molar-refractivity contribution in [3.63, 3.8) is 0 Å². The quantitative estimate of drug-likeness (QED) is 0.294. The second kappa shape index (κ2) is 12.5. The molecule has 0 aliphatic rings. The molecule has 150 valence electrons. The molecule has 0 aromatic rings. The van der Waals surface area contributed by atoms with E-state index in [2.05, 4.69) is 10.6 Å². The van der Waals surface area contributed by atoms with E-state index in [-0.39, 0.29) is 25.2 Å². The van der Waals surface area contributed by atoms with Crippen molar-refractivity contribution in [2.45, 2.75) is 57.7 Å². The molecule has 0 bridgehead atoms. The van der Waals surface area contributed by atoms with Crippen LogP contribution in [0.1, 0.15) is 39.5 Å². The minimum atomic E-state index is -1.14. The number of hydrogen-bond donors (Lipinski definition) is 5. The van der Waals surface area contributed by atoms with Crippen molar-refractivity contribution in [1.29, 1.82) is 0 Å². The Morgan fingerprint density at radius 2 is 1.58 bits per heavy atom. The van der Waals surface area contributed by atoms with Gasteiger partial charge in [0.25, 0.3) is 0 Å². The summed E-state index contributed by atoms with van der Waals surface area (Å²) in [5.74, 6) is -2.79. The maximum atomic E-state index is 12.4. The van der Waals surface area contributed by atoms with Gasteiger partial charge >= 0.3 is 11.9 Å². The zero-order valence-electron chi connectivity index (χ0n) is 15.4. The van der Waals surface area contributed by atoms with E-state index in [0.29, 0.717) is 12.2 Å². The molecule has 0 spiro atoms. The second-order valence-corrected chi connectivity index (χ2v) is 7.40. The van der Waals surface area contributed by atoms with Crippen LogP contribution >= 0.6 is 11.8 Å². The van der Waals surface area contributed by atoms with Crippen molar-refractivity contribution in [3.8, 4) is 0 Å². The molecule has 3 atom stereocenters. The first-order valence-corrected chi connectivity index (χ1v) is 9.77. The number of carbonyl (C=O) groups excluding carboxylic acids is 2. The van der Waals surface area contributed by atoms with Gasteiger partial charge in [-0.25, -0.2) is 4.79 Å². The van der Waals surface area contributed by atoms with Crippen LogP contribution in [0.3, 0.4) is 0 Å². The van der Waals surface area contributed by atoms with E-state index >= 15 is 0 Å². The number of hydrogen-bond acceptors (Lipinski definition) is 6. The molecule has 0 aromatic heterocycles. The summed E-state index contributed by atoms with van der Waals surface area (Å²) >= 11 is 1.48. The van der Waals surface area contributed by atoms with Crippen molar-refractivity contribution < 1.29 is 29.4 Å². The van der Waals surface area contributed by atoms with Crippen LogP contribution in [0.25, 0.3) is 0 Å². The zero-order valence-corrected chi connectivity index (χ0v) is 16.2. The lowest BCUT2D eigenvalue weighted by Gasteiger charge is -2.23. The van der Waals surface area contributed by atoms with Crippen LogP contribution in [-0.2, 0) is 19.2 Å². The summed E-state index contributed by atoms with van der Waals surface area (Å²) in [6.45, 7) is 3.69. The molecule has 3 unspecified atom stereocenters. The van der Waals surface area contributed by atoms with E-state index < -0.39 is 41.9 Å². The SMILES string of the molecule is CSCCC(NC(=O)C(N)CCC(=O)O)C(=O)NC(CC(C)C)C(=O)O. The summed E-state index contributed by atoms with van der Waals surface area (Å²) in [6, 6.07) is -3.03. The Balaban J connectivity index is 4.93. The molecule has 0 saturated heterocycles. The van der Waals surface area contributed by atoms with Gasteiger partial charge in [-0.2, -0.15) is 11.8 Å². The molecule has 0 radical (unpaired) electrons. The van der Waals surface area contributed by atoms with Gasteiger partial charge in [-0.15, -0.1) is 0 Å². The third kappa shape index (κ3) is 10.2. The largest absolute Gasteiger partial charge is 0.481 e. The molecule has 2 amide bonds. The molecule has 0 fully saturated rings. The number of carbonyl (C=O) groups is 4. The van der Waals surface area contributed by atoms with Crippen molar-refractivity contribution in [3.05, 3.63) is 0 Å². The Morgan fingerprint density at radius 3 is 2.04 bits per heavy atom. The number of amides is 2. The Morgan fingerprint density at radius 1 is 1.00 bits per heavy atom. The molecule has 6 N–H and O–H groups in total. The summed E-state index contributed by atoms with van der Waals surface area (Å²) in [7, 11) is 0. The lowest BCUT2D eigenvalue weighted by Crippen LogP contribution is -2.54. The molecule has 0 aromatic carbocycles. The first kappa shape index (κ1) is 24.2. The van der Waals surface area contributed by atoms with E-state index in [1.807, 2.05) is 20.1 Å². The molecule has 0 aliphatic heterocycles. The highest BCUT2D eigenvalue weighted by atomic mass is 32.2. The summed E-state index contributed by atoms with van der Waals surface area (Å²) in [6.07, 6.45) is 2.10. The van der Waals surface area contributed by atoms with Crippen LogP contribution in [0.5, 0.6) is 0 Å². The van der Waals surface area contributed by atoms with E-state index in [9.17, 15) is 24.3 Å². The Hall–Kier alpha value is -1.81. The van der Waals surface area contributed by atoms with Crippen molar-refractivity contribution in [2.24, 2.45) is 11.7 Å². The number of rotatable bonds is 13. The maximum absolute atomic E-state index is 12.4. The number of thioether (sulfide) groups is 1. The van der Waals surface area contributed by atoms with E-state index in [0.717, 1.165) is 0 Å². The van der Waals surface area contributed by atoms with Gasteiger partial charge in [0, 0.05) is 6.42 Å². The molecule has 0 heterocycles. The van der Waals surface area contributed by atoms with Crippen LogP contribution in [0, 0.1) is 5.92 Å². The first-order valence-electron chi connectivity index (χ1n) is 8.38. The maximum Gasteiger partial charge on any atom is 0.326 e. The standard InChI is InChI=1S/C16H29N3O6S/c1-9(2)8-12(16(24)25)19-15(23)11(6-7-26-3)18-14(22)10(17)4-5-13(20)21/h9-12H,4-8,17H2,1-3H3,(H,18,22)(H,19,23)(H,20,21)(H,24,25). The minimum absolute atomic E-state index is 0.0524. The third-order valence-electron chi connectivity index (χ3n) is 3.57. The highest BCUT2D eigenvalue weighted by Crippen LogP contribution is 2.07. The van der Waals surface area contributed by atoms with Crippen molar-refractivity contribution in [1.82, 2.24) is 10.6 Å². The smallest absolute Gasteiger partial charge is 0.326 e. The number of carboxylic acids is 2. The molecular formula is C16H29N3O6S. The molecule has 10 heteroatoms. The number of nitrogens with one attached hydrogen (secondary N) is 2. The minimum Gasteiger partial charge on any atom is -0.481 e. The van der Waals surface area contributed by atoms with Gasteiger partial charge in [-0.05, 0) is 37.2 Å². The average Bonchev–Trinajstić information content (AvgIpc) is 2.54. The van der Waals surface area contributed by atoms with Gasteiger partial charge in [0.15, 0.2) is 0 Å². The molecule has 26 heavy (non-hydrogen) atoms. The molecule has 0 aliphatic carbocycles. The van der Waals surface area contributed by atoms with Crippen molar-refractivity contribution in [2.75, 3.05) is 12.0 Å². The van der Waals surface area contributed by atoms with Gasteiger partial charge in [0.05, 0.1) is 6.04 Å². The second-order valence-electron chi connectivity index (χ2n) is 6.41. The lowest BCUT2D eigenvalue weighted by atomic mass is 10.0. The highest BCUT2D eigenvalue weighted by molar-refractivity contribution is 7.98. The predicted octanol–water partition coefficient (Wildman–Crippen LogP) is 0.0319. The van der Waals surface area contributed by atoms with Crippen molar-refractivity contribution >= 4 is 35.5 Å². The normalized spacial score (nSPS) is 14.3. The molecular weight excluding hydrogens is 362 g/mol. The predicted molar refractivity (Wildman–Crippen MR) is 98.8 cm³/mol. The van der Waals surface area contributed by atoms with Gasteiger partial charge in [-0.3, -0.25) is 14.4 Å². The fourth-order valence-corrected chi connectivity index (χ4v) is 2.63. The average molecular weight is 391 g/mol. The fourth-order valence-electron chi connectivity index (χ4n) is 2.16. The Kier molecular flexibility index (Phi) is 11.7. The third-order valence-corrected chi connectivity index (χ3v) is 4.22. The van der Waals surface area contributed by atoms with Gasteiger partial charge in [0.1, 0.15) is 12.1 Å². The summed E-state index contributed by atoms with van der Waals surface area (Å²) in [4.78, 5) is 46.4. The van der Waals surface area contributed by atoms with Gasteiger partial charge < -0.3 is 26.6 Å². The fraction of sp³-hybridized carbons (Fsp3) is 0.750. The van der Waals surface area contributed by atoms with E-state index in [4.69, 9.17) is 10.8 Å². The Bertz CT molecular complexity index is 500.